The highest BCUT2D eigenvalue weighted by atomic mass is 35.5. The summed E-state index contributed by atoms with van der Waals surface area (Å²) in [4.78, 5) is 6.58. The molecule has 2 rings (SSSR count). The van der Waals surface area contributed by atoms with Crippen LogP contribution in [0.15, 0.2) is 18.5 Å². The van der Waals surface area contributed by atoms with Crippen LogP contribution in [0.1, 0.15) is 18.9 Å². The van der Waals surface area contributed by atoms with Gasteiger partial charge in [-0.1, -0.05) is 6.92 Å². The zero-order valence-corrected chi connectivity index (χ0v) is 11.1. The van der Waals surface area contributed by atoms with Crippen molar-refractivity contribution in [2.45, 2.75) is 24.5 Å². The largest absolute Gasteiger partial charge is 0.369 e. The highest BCUT2D eigenvalue weighted by molar-refractivity contribution is 8.00. The molecule has 0 spiro atoms. The van der Waals surface area contributed by atoms with Gasteiger partial charge in [0.15, 0.2) is 0 Å². The van der Waals surface area contributed by atoms with E-state index in [1.807, 2.05) is 12.4 Å². The van der Waals surface area contributed by atoms with Crippen LogP contribution < -0.4 is 4.90 Å². The summed E-state index contributed by atoms with van der Waals surface area (Å²) >= 11 is 8.03. The van der Waals surface area contributed by atoms with Gasteiger partial charge in [-0.3, -0.25) is 4.98 Å². The maximum atomic E-state index is 5.95. The minimum Gasteiger partial charge on any atom is -0.369 e. The lowest BCUT2D eigenvalue weighted by Crippen LogP contribution is -2.38. The maximum Gasteiger partial charge on any atom is 0.0509 e. The van der Waals surface area contributed by atoms with Crippen molar-refractivity contribution < 1.29 is 0 Å². The summed E-state index contributed by atoms with van der Waals surface area (Å²) in [6, 6.07) is 2.08. The molecule has 0 saturated carbocycles. The minimum atomic E-state index is 0.545. The Labute approximate surface area is 106 Å². The van der Waals surface area contributed by atoms with Crippen LogP contribution in [0.5, 0.6) is 0 Å². The topological polar surface area (TPSA) is 16.1 Å². The van der Waals surface area contributed by atoms with Gasteiger partial charge in [-0.05, 0) is 12.5 Å². The number of rotatable bonds is 3. The number of aromatic nitrogens is 1. The van der Waals surface area contributed by atoms with Gasteiger partial charge >= 0.3 is 0 Å². The van der Waals surface area contributed by atoms with Crippen LogP contribution in [0.3, 0.4) is 0 Å². The van der Waals surface area contributed by atoms with Gasteiger partial charge in [-0.25, -0.2) is 0 Å². The van der Waals surface area contributed by atoms with Gasteiger partial charge < -0.3 is 4.90 Å². The molecule has 0 amide bonds. The van der Waals surface area contributed by atoms with Crippen molar-refractivity contribution in [3.63, 3.8) is 0 Å². The van der Waals surface area contributed by atoms with Crippen LogP contribution in [0.4, 0.5) is 5.69 Å². The lowest BCUT2D eigenvalue weighted by atomic mass is 10.2. The maximum absolute atomic E-state index is 5.95. The van der Waals surface area contributed by atoms with Crippen LogP contribution in [0, 0.1) is 0 Å². The monoisotopic (exact) mass is 256 g/mol. The standard InChI is InChI=1S/C12H17ClN2S/c1-2-11-9-15(5-6-16-11)12-3-4-14-8-10(12)7-13/h3-4,8,11H,2,5-7,9H2,1H3. The van der Waals surface area contributed by atoms with E-state index in [1.54, 1.807) is 0 Å². The summed E-state index contributed by atoms with van der Waals surface area (Å²) in [5.74, 6) is 1.76. The molecule has 0 N–H and O–H groups in total. The lowest BCUT2D eigenvalue weighted by molar-refractivity contribution is 0.725. The fourth-order valence-corrected chi connectivity index (χ4v) is 3.40. The summed E-state index contributed by atoms with van der Waals surface area (Å²) in [7, 11) is 0. The van der Waals surface area contributed by atoms with E-state index in [9.17, 15) is 0 Å². The van der Waals surface area contributed by atoms with Crippen molar-refractivity contribution in [1.82, 2.24) is 4.98 Å². The number of halogens is 1. The molecule has 1 aromatic heterocycles. The first-order valence-electron chi connectivity index (χ1n) is 5.70. The molecule has 0 radical (unpaired) electrons. The molecule has 2 nitrogen and oxygen atoms in total. The van der Waals surface area contributed by atoms with E-state index in [0.29, 0.717) is 5.88 Å². The molecule has 1 unspecified atom stereocenters. The van der Waals surface area contributed by atoms with Crippen molar-refractivity contribution in [1.29, 1.82) is 0 Å². The average Bonchev–Trinajstić information content (AvgIpc) is 2.38. The Morgan fingerprint density at radius 3 is 3.25 bits per heavy atom. The van der Waals surface area contributed by atoms with E-state index in [0.717, 1.165) is 23.9 Å². The van der Waals surface area contributed by atoms with Crippen molar-refractivity contribution in [2.75, 3.05) is 23.7 Å². The predicted octanol–water partition coefficient (Wildman–Crippen LogP) is 3.15. The Kier molecular flexibility index (Phi) is 4.36. The van der Waals surface area contributed by atoms with Crippen molar-refractivity contribution in [3.8, 4) is 0 Å². The second kappa shape index (κ2) is 5.78. The quantitative estimate of drug-likeness (QED) is 0.773. The van der Waals surface area contributed by atoms with Crippen LogP contribution in [0.2, 0.25) is 0 Å². The molecule has 1 atom stereocenters. The van der Waals surface area contributed by atoms with Gasteiger partial charge in [-0.15, -0.1) is 11.6 Å². The summed E-state index contributed by atoms with van der Waals surface area (Å²) in [6.07, 6.45) is 4.97. The number of anilines is 1. The summed E-state index contributed by atoms with van der Waals surface area (Å²) in [5.41, 5.74) is 2.41. The number of hydrogen-bond donors (Lipinski definition) is 0. The van der Waals surface area contributed by atoms with E-state index in [2.05, 4.69) is 34.6 Å². The second-order valence-corrected chi connectivity index (χ2v) is 5.66. The summed E-state index contributed by atoms with van der Waals surface area (Å²) in [6.45, 7) is 4.51. The van der Waals surface area contributed by atoms with Gasteiger partial charge in [-0.2, -0.15) is 11.8 Å². The molecule has 16 heavy (non-hydrogen) atoms. The van der Waals surface area contributed by atoms with Crippen molar-refractivity contribution >= 4 is 29.1 Å². The van der Waals surface area contributed by atoms with E-state index >= 15 is 0 Å². The third kappa shape index (κ3) is 2.64. The van der Waals surface area contributed by atoms with Gasteiger partial charge in [0.05, 0.1) is 5.88 Å². The first-order chi connectivity index (χ1) is 7.85. The first-order valence-corrected chi connectivity index (χ1v) is 7.29. The smallest absolute Gasteiger partial charge is 0.0509 e. The predicted molar refractivity (Wildman–Crippen MR) is 72.5 cm³/mol. The van der Waals surface area contributed by atoms with E-state index in [4.69, 9.17) is 11.6 Å². The van der Waals surface area contributed by atoms with Crippen molar-refractivity contribution in [2.24, 2.45) is 0 Å². The normalized spacial score (nSPS) is 21.1. The highest BCUT2D eigenvalue weighted by Gasteiger charge is 2.20. The highest BCUT2D eigenvalue weighted by Crippen LogP contribution is 2.28. The fourth-order valence-electron chi connectivity index (χ4n) is 2.02. The molecule has 4 heteroatoms. The van der Waals surface area contributed by atoms with Crippen molar-refractivity contribution in [3.05, 3.63) is 24.0 Å². The lowest BCUT2D eigenvalue weighted by Gasteiger charge is -2.34. The first kappa shape index (κ1) is 12.1. The number of alkyl halides is 1. The number of thioether (sulfide) groups is 1. The van der Waals surface area contributed by atoms with E-state index < -0.39 is 0 Å². The molecule has 2 heterocycles. The van der Waals surface area contributed by atoms with Crippen LogP contribution in [-0.4, -0.2) is 29.1 Å². The molecule has 88 valence electrons. The second-order valence-electron chi connectivity index (χ2n) is 3.99. The minimum absolute atomic E-state index is 0.545. The van der Waals surface area contributed by atoms with Crippen LogP contribution >= 0.6 is 23.4 Å². The van der Waals surface area contributed by atoms with Crippen LogP contribution in [-0.2, 0) is 5.88 Å². The molecule has 1 aliphatic heterocycles. The Morgan fingerprint density at radius 2 is 2.50 bits per heavy atom. The third-order valence-corrected chi connectivity index (χ3v) is 4.62. The van der Waals surface area contributed by atoms with E-state index in [-0.39, 0.29) is 0 Å². The van der Waals surface area contributed by atoms with Gasteiger partial charge in [0, 0.05) is 47.7 Å². The molecule has 1 fully saturated rings. The van der Waals surface area contributed by atoms with Gasteiger partial charge in [0.1, 0.15) is 0 Å². The Morgan fingerprint density at radius 1 is 1.62 bits per heavy atom. The SMILES string of the molecule is CCC1CN(c2ccncc2CCl)CCS1. The summed E-state index contributed by atoms with van der Waals surface area (Å²) in [5, 5.41) is 0.755. The number of hydrogen-bond acceptors (Lipinski definition) is 3. The average molecular weight is 257 g/mol. The molecule has 0 aliphatic carbocycles. The molecule has 0 aromatic carbocycles. The third-order valence-electron chi connectivity index (χ3n) is 2.96. The zero-order chi connectivity index (χ0) is 11.4. The number of nitrogens with zero attached hydrogens (tertiary/aromatic N) is 2. The fraction of sp³-hybridized carbons (Fsp3) is 0.583. The Balaban J connectivity index is 2.16. The van der Waals surface area contributed by atoms with E-state index in [1.165, 1.54) is 17.9 Å². The molecule has 1 aliphatic rings. The molecule has 1 aromatic rings. The molecular formula is C12H17ClN2S. The summed E-state index contributed by atoms with van der Waals surface area (Å²) < 4.78 is 0. The Hall–Kier alpha value is -0.410. The Bertz CT molecular complexity index is 346. The van der Waals surface area contributed by atoms with Crippen LogP contribution in [0.25, 0.3) is 0 Å². The van der Waals surface area contributed by atoms with Gasteiger partial charge in [0.2, 0.25) is 0 Å². The molecule has 1 saturated heterocycles. The molecular weight excluding hydrogens is 240 g/mol. The number of pyridine rings is 1. The van der Waals surface area contributed by atoms with Gasteiger partial charge in [0.25, 0.3) is 0 Å². The zero-order valence-electron chi connectivity index (χ0n) is 9.53. The molecule has 0 bridgehead atoms.